The molecule has 1 aromatic heterocycles. The van der Waals surface area contributed by atoms with Crippen LogP contribution in [-0.4, -0.2) is 31.5 Å². The van der Waals surface area contributed by atoms with Crippen LogP contribution in [0.5, 0.6) is 5.75 Å². The van der Waals surface area contributed by atoms with E-state index >= 15 is 0 Å². The van der Waals surface area contributed by atoms with Gasteiger partial charge in [0.05, 0.1) is 5.75 Å². The summed E-state index contributed by atoms with van der Waals surface area (Å²) in [5.41, 5.74) is 1.64. The molecule has 0 amide bonds. The number of rotatable bonds is 8. The number of benzene rings is 2. The van der Waals surface area contributed by atoms with Gasteiger partial charge in [-0.2, -0.15) is 4.37 Å². The number of nitrogens with zero attached hydrogens (tertiary/aromatic N) is 2. The lowest BCUT2D eigenvalue weighted by molar-refractivity contribution is -0.274. The zero-order chi connectivity index (χ0) is 23.5. The maximum atomic E-state index is 12.3. The minimum Gasteiger partial charge on any atom is -0.480 e. The number of carboxylic acids is 1. The third-order valence-electron chi connectivity index (χ3n) is 4.20. The summed E-state index contributed by atoms with van der Waals surface area (Å²) in [6, 6.07) is 11.3. The summed E-state index contributed by atoms with van der Waals surface area (Å²) in [6.45, 7) is 5.31. The largest absolute Gasteiger partial charge is 0.573 e. The van der Waals surface area contributed by atoms with Gasteiger partial charge >= 0.3 is 12.3 Å². The van der Waals surface area contributed by atoms with Crippen molar-refractivity contribution in [2.24, 2.45) is 0 Å². The molecule has 0 saturated heterocycles. The van der Waals surface area contributed by atoms with E-state index in [-0.39, 0.29) is 5.75 Å². The lowest BCUT2D eigenvalue weighted by Gasteiger charge is -2.19. The summed E-state index contributed by atoms with van der Waals surface area (Å²) in [5.74, 6) is -0.131. The van der Waals surface area contributed by atoms with E-state index < -0.39 is 17.1 Å². The molecule has 0 spiro atoms. The standard InChI is InChI=1S/C21H19F3N2O3S3/c1-12-10-15(31-20(2,3)19(27)28)8-9-16(12)30-11-17-25-18(26-32-17)13-4-6-14(7-5-13)29-21(22,23)24/h4-10H,11H2,1-3H3,(H,27,28). The van der Waals surface area contributed by atoms with E-state index in [2.05, 4.69) is 14.1 Å². The molecular formula is C21H19F3N2O3S3. The maximum absolute atomic E-state index is 12.3. The third-order valence-corrected chi connectivity index (χ3v) is 7.45. The highest BCUT2D eigenvalue weighted by molar-refractivity contribution is 8.01. The van der Waals surface area contributed by atoms with Crippen molar-refractivity contribution < 1.29 is 27.8 Å². The Kier molecular flexibility index (Phi) is 7.41. The molecule has 0 unspecified atom stereocenters. The zero-order valence-electron chi connectivity index (χ0n) is 17.3. The fourth-order valence-corrected chi connectivity index (χ4v) is 5.26. The van der Waals surface area contributed by atoms with Gasteiger partial charge in [-0.3, -0.25) is 4.79 Å². The van der Waals surface area contributed by atoms with E-state index in [1.54, 1.807) is 25.6 Å². The molecule has 3 aromatic rings. The van der Waals surface area contributed by atoms with Gasteiger partial charge in [0.15, 0.2) is 5.82 Å². The highest BCUT2D eigenvalue weighted by Gasteiger charge is 2.31. The molecule has 5 nitrogen and oxygen atoms in total. The molecule has 32 heavy (non-hydrogen) atoms. The summed E-state index contributed by atoms with van der Waals surface area (Å²) in [7, 11) is 0. The summed E-state index contributed by atoms with van der Waals surface area (Å²) in [4.78, 5) is 17.7. The second-order valence-electron chi connectivity index (χ2n) is 7.22. The monoisotopic (exact) mass is 500 g/mol. The first kappa shape index (κ1) is 24.4. The Morgan fingerprint density at radius 2 is 1.84 bits per heavy atom. The van der Waals surface area contributed by atoms with Gasteiger partial charge in [-0.1, -0.05) is 0 Å². The van der Waals surface area contributed by atoms with E-state index in [1.807, 2.05) is 25.1 Å². The van der Waals surface area contributed by atoms with Crippen molar-refractivity contribution in [3.63, 3.8) is 0 Å². The molecule has 1 heterocycles. The number of carbonyl (C=O) groups is 1. The predicted octanol–water partition coefficient (Wildman–Crippen LogP) is 6.66. The van der Waals surface area contributed by atoms with Crippen molar-refractivity contribution in [2.75, 3.05) is 0 Å². The van der Waals surface area contributed by atoms with E-state index in [4.69, 9.17) is 0 Å². The van der Waals surface area contributed by atoms with Crippen molar-refractivity contribution in [2.45, 2.75) is 47.4 Å². The maximum Gasteiger partial charge on any atom is 0.573 e. The Balaban J connectivity index is 1.62. The van der Waals surface area contributed by atoms with Crippen LogP contribution in [-0.2, 0) is 10.5 Å². The fourth-order valence-electron chi connectivity index (χ4n) is 2.56. The number of aryl methyl sites for hydroxylation is 1. The predicted molar refractivity (Wildman–Crippen MR) is 120 cm³/mol. The Hall–Kier alpha value is -2.24. The van der Waals surface area contributed by atoms with E-state index in [1.165, 1.54) is 47.6 Å². The normalized spacial score (nSPS) is 12.1. The molecular weight excluding hydrogens is 481 g/mol. The SMILES string of the molecule is Cc1cc(SC(C)(C)C(=O)O)ccc1SCc1nc(-c2ccc(OC(F)(F)F)cc2)ns1. The molecule has 11 heteroatoms. The molecule has 0 aliphatic carbocycles. The number of aliphatic carboxylic acids is 1. The van der Waals surface area contributed by atoms with Gasteiger partial charge in [0.2, 0.25) is 0 Å². The molecule has 0 saturated carbocycles. The van der Waals surface area contributed by atoms with Gasteiger partial charge < -0.3 is 9.84 Å². The number of aromatic nitrogens is 2. The first-order valence-electron chi connectivity index (χ1n) is 9.27. The smallest absolute Gasteiger partial charge is 0.480 e. The van der Waals surface area contributed by atoms with Gasteiger partial charge in [-0.25, -0.2) is 4.98 Å². The molecule has 0 atom stereocenters. The molecule has 0 aliphatic heterocycles. The quantitative estimate of drug-likeness (QED) is 0.347. The van der Waals surface area contributed by atoms with Crippen LogP contribution in [0.4, 0.5) is 13.2 Å². The van der Waals surface area contributed by atoms with Crippen LogP contribution in [0.3, 0.4) is 0 Å². The zero-order valence-corrected chi connectivity index (χ0v) is 19.7. The van der Waals surface area contributed by atoms with E-state index in [9.17, 15) is 23.1 Å². The summed E-state index contributed by atoms with van der Waals surface area (Å²) in [5, 5.41) is 10.1. The van der Waals surface area contributed by atoms with Crippen molar-refractivity contribution in [3.05, 3.63) is 53.0 Å². The van der Waals surface area contributed by atoms with Gasteiger partial charge in [0, 0.05) is 15.4 Å². The van der Waals surface area contributed by atoms with Crippen LogP contribution in [0.15, 0.2) is 52.3 Å². The Labute approximate surface area is 195 Å². The molecule has 170 valence electrons. The summed E-state index contributed by atoms with van der Waals surface area (Å²) in [6.07, 6.45) is -4.73. The van der Waals surface area contributed by atoms with Crippen LogP contribution in [0.1, 0.15) is 24.4 Å². The van der Waals surface area contributed by atoms with Crippen molar-refractivity contribution in [1.29, 1.82) is 0 Å². The van der Waals surface area contributed by atoms with Gasteiger partial charge in [0.25, 0.3) is 0 Å². The second kappa shape index (κ2) is 9.72. The first-order valence-corrected chi connectivity index (χ1v) is 11.8. The van der Waals surface area contributed by atoms with Gasteiger partial charge in [0.1, 0.15) is 15.5 Å². The number of carboxylic acid groups (broad SMARTS) is 1. The third kappa shape index (κ3) is 6.63. The molecule has 2 aromatic carbocycles. The highest BCUT2D eigenvalue weighted by Crippen LogP contribution is 2.36. The number of alkyl halides is 3. The Morgan fingerprint density at radius 3 is 2.44 bits per heavy atom. The van der Waals surface area contributed by atoms with Crippen LogP contribution < -0.4 is 4.74 Å². The number of hydrogen-bond donors (Lipinski definition) is 1. The number of halogens is 3. The van der Waals surface area contributed by atoms with Crippen LogP contribution in [0.2, 0.25) is 0 Å². The molecule has 1 N–H and O–H groups in total. The average molecular weight is 501 g/mol. The van der Waals surface area contributed by atoms with Crippen LogP contribution in [0.25, 0.3) is 11.4 Å². The van der Waals surface area contributed by atoms with Gasteiger partial charge in [-0.05, 0) is 80.3 Å². The molecule has 0 aliphatic rings. The van der Waals surface area contributed by atoms with E-state index in [0.29, 0.717) is 17.1 Å². The first-order chi connectivity index (χ1) is 14.9. The van der Waals surface area contributed by atoms with Crippen LogP contribution in [0, 0.1) is 6.92 Å². The summed E-state index contributed by atoms with van der Waals surface area (Å²) >= 11 is 4.12. The average Bonchev–Trinajstić information content (AvgIpc) is 3.15. The topological polar surface area (TPSA) is 72.3 Å². The van der Waals surface area contributed by atoms with Crippen molar-refractivity contribution in [3.8, 4) is 17.1 Å². The molecule has 0 fully saturated rings. The number of ether oxygens (including phenoxy) is 1. The van der Waals surface area contributed by atoms with Crippen molar-refractivity contribution in [1.82, 2.24) is 9.36 Å². The fraction of sp³-hybridized carbons (Fsp3) is 0.286. The van der Waals surface area contributed by atoms with Crippen molar-refractivity contribution >= 4 is 41.0 Å². The minimum atomic E-state index is -4.73. The number of hydrogen-bond acceptors (Lipinski definition) is 7. The van der Waals surface area contributed by atoms with E-state index in [0.717, 1.165) is 20.4 Å². The highest BCUT2D eigenvalue weighted by atomic mass is 32.2. The Morgan fingerprint density at radius 1 is 1.16 bits per heavy atom. The lowest BCUT2D eigenvalue weighted by Crippen LogP contribution is -2.26. The Bertz CT molecular complexity index is 1100. The molecule has 0 bridgehead atoms. The van der Waals surface area contributed by atoms with Crippen LogP contribution >= 0.6 is 35.1 Å². The second-order valence-corrected chi connectivity index (χ2v) is 10.8. The molecule has 0 radical (unpaired) electrons. The lowest BCUT2D eigenvalue weighted by atomic mass is 10.2. The molecule has 3 rings (SSSR count). The minimum absolute atomic E-state index is 0.295. The summed E-state index contributed by atoms with van der Waals surface area (Å²) < 4.78 is 44.1. The van der Waals surface area contributed by atoms with Gasteiger partial charge in [-0.15, -0.1) is 36.7 Å². The number of thioether (sulfide) groups is 2.